The van der Waals surface area contributed by atoms with Crippen LogP contribution >= 0.6 is 0 Å². The van der Waals surface area contributed by atoms with E-state index in [9.17, 15) is 8.42 Å². The minimum atomic E-state index is -3.23. The van der Waals surface area contributed by atoms with Gasteiger partial charge >= 0.3 is 0 Å². The molecule has 2 N–H and O–H groups in total. The number of hydrogen-bond acceptors (Lipinski definition) is 4. The lowest BCUT2D eigenvalue weighted by molar-refractivity contribution is 0.607. The summed E-state index contributed by atoms with van der Waals surface area (Å²) in [5.74, 6) is 0.929. The van der Waals surface area contributed by atoms with Gasteiger partial charge in [0.05, 0.1) is 12.8 Å². The van der Waals surface area contributed by atoms with E-state index < -0.39 is 10.0 Å². The molecule has 0 saturated carbocycles. The first-order valence-electron chi connectivity index (χ1n) is 5.72. The van der Waals surface area contributed by atoms with Crippen LogP contribution in [0.4, 0.5) is 11.4 Å². The van der Waals surface area contributed by atoms with Crippen LogP contribution in [0.5, 0.6) is 0 Å². The van der Waals surface area contributed by atoms with E-state index in [1.54, 1.807) is 18.3 Å². The molecule has 0 aliphatic heterocycles. The topological polar surface area (TPSA) is 76.0 Å². The van der Waals surface area contributed by atoms with E-state index in [-0.39, 0.29) is 0 Å². The molecule has 0 atom stereocenters. The van der Waals surface area contributed by atoms with E-state index in [2.05, 4.69) is 15.0 Å². The predicted molar refractivity (Wildman–Crippen MR) is 75.4 cm³/mol. The lowest BCUT2D eigenvalue weighted by Crippen LogP contribution is -2.09. The van der Waals surface area contributed by atoms with Crippen molar-refractivity contribution in [3.05, 3.63) is 42.5 Å². The molecule has 0 amide bonds. The van der Waals surface area contributed by atoms with Crippen LogP contribution in [0.3, 0.4) is 0 Å². The van der Waals surface area contributed by atoms with Crippen LogP contribution in [0.2, 0.25) is 0 Å². The number of nitrogens with one attached hydrogen (secondary N) is 2. The van der Waals surface area contributed by atoms with Crippen molar-refractivity contribution in [2.24, 2.45) is 7.05 Å². The first-order chi connectivity index (χ1) is 8.94. The second-order valence-electron chi connectivity index (χ2n) is 4.26. The van der Waals surface area contributed by atoms with Gasteiger partial charge in [-0.1, -0.05) is 0 Å². The third kappa shape index (κ3) is 3.99. The lowest BCUT2D eigenvalue weighted by atomic mass is 10.3. The van der Waals surface area contributed by atoms with E-state index >= 15 is 0 Å². The molecule has 19 heavy (non-hydrogen) atoms. The molecule has 0 aliphatic rings. The maximum absolute atomic E-state index is 11.1. The Morgan fingerprint density at radius 2 is 1.84 bits per heavy atom. The lowest BCUT2D eigenvalue weighted by Gasteiger charge is -2.08. The summed E-state index contributed by atoms with van der Waals surface area (Å²) in [5.41, 5.74) is 1.45. The molecule has 0 bridgehead atoms. The summed E-state index contributed by atoms with van der Waals surface area (Å²) < 4.78 is 26.5. The Bertz CT molecular complexity index is 647. The molecule has 0 fully saturated rings. The average molecular weight is 280 g/mol. The fourth-order valence-electron chi connectivity index (χ4n) is 1.62. The first-order valence-corrected chi connectivity index (χ1v) is 7.61. The Hall–Kier alpha value is -2.02. The SMILES string of the molecule is Cn1ccnc1CNc1ccc(NS(C)(=O)=O)cc1. The number of nitrogens with zero attached hydrogens (tertiary/aromatic N) is 2. The highest BCUT2D eigenvalue weighted by molar-refractivity contribution is 7.92. The molecular formula is C12H16N4O2S. The van der Waals surface area contributed by atoms with Crippen molar-refractivity contribution in [2.45, 2.75) is 6.54 Å². The second kappa shape index (κ2) is 5.31. The monoisotopic (exact) mass is 280 g/mol. The number of hydrogen-bond donors (Lipinski definition) is 2. The minimum Gasteiger partial charge on any atom is -0.378 e. The van der Waals surface area contributed by atoms with Gasteiger partial charge in [-0.25, -0.2) is 13.4 Å². The summed E-state index contributed by atoms with van der Waals surface area (Å²) in [6.07, 6.45) is 4.76. The van der Waals surface area contributed by atoms with Gasteiger partial charge in [0.15, 0.2) is 0 Å². The number of sulfonamides is 1. The van der Waals surface area contributed by atoms with Gasteiger partial charge < -0.3 is 9.88 Å². The molecular weight excluding hydrogens is 264 g/mol. The fraction of sp³-hybridized carbons (Fsp3) is 0.250. The van der Waals surface area contributed by atoms with E-state index in [4.69, 9.17) is 0 Å². The summed E-state index contributed by atoms with van der Waals surface area (Å²) in [4.78, 5) is 4.21. The summed E-state index contributed by atoms with van der Waals surface area (Å²) in [5, 5.41) is 3.22. The Morgan fingerprint density at radius 1 is 1.21 bits per heavy atom. The Morgan fingerprint density at radius 3 is 2.37 bits per heavy atom. The maximum atomic E-state index is 11.1. The summed E-state index contributed by atoms with van der Waals surface area (Å²) in [6.45, 7) is 0.613. The molecule has 2 rings (SSSR count). The van der Waals surface area contributed by atoms with Crippen LogP contribution in [0.25, 0.3) is 0 Å². The van der Waals surface area contributed by atoms with Crippen LogP contribution < -0.4 is 10.0 Å². The highest BCUT2D eigenvalue weighted by Gasteiger charge is 2.02. The Balaban J connectivity index is 1.97. The van der Waals surface area contributed by atoms with Crippen LogP contribution in [0.1, 0.15) is 5.82 Å². The molecule has 0 aliphatic carbocycles. The fourth-order valence-corrected chi connectivity index (χ4v) is 2.18. The quantitative estimate of drug-likeness (QED) is 0.868. The summed E-state index contributed by atoms with van der Waals surface area (Å²) >= 11 is 0. The second-order valence-corrected chi connectivity index (χ2v) is 6.01. The van der Waals surface area contributed by atoms with E-state index in [0.29, 0.717) is 12.2 Å². The van der Waals surface area contributed by atoms with Gasteiger partial charge in [0.2, 0.25) is 10.0 Å². The molecule has 7 heteroatoms. The first kappa shape index (κ1) is 13.4. The number of imidazole rings is 1. The van der Waals surface area contributed by atoms with Crippen molar-refractivity contribution in [1.82, 2.24) is 9.55 Å². The predicted octanol–water partition coefficient (Wildman–Crippen LogP) is 1.40. The van der Waals surface area contributed by atoms with Crippen LogP contribution in [-0.2, 0) is 23.6 Å². The number of benzene rings is 1. The highest BCUT2D eigenvalue weighted by Crippen LogP contribution is 2.15. The normalized spacial score (nSPS) is 11.3. The number of anilines is 2. The molecule has 0 radical (unpaired) electrons. The Labute approximate surface area is 112 Å². The highest BCUT2D eigenvalue weighted by atomic mass is 32.2. The maximum Gasteiger partial charge on any atom is 0.229 e. The minimum absolute atomic E-state index is 0.546. The van der Waals surface area contributed by atoms with Crippen LogP contribution in [0.15, 0.2) is 36.7 Å². The van der Waals surface area contributed by atoms with Gasteiger partial charge in [-0.05, 0) is 24.3 Å². The smallest absolute Gasteiger partial charge is 0.229 e. The van der Waals surface area contributed by atoms with Gasteiger partial charge in [0, 0.05) is 30.8 Å². The molecule has 6 nitrogen and oxygen atoms in total. The van der Waals surface area contributed by atoms with Gasteiger partial charge in [0.25, 0.3) is 0 Å². The van der Waals surface area contributed by atoms with Gasteiger partial charge in [-0.15, -0.1) is 0 Å². The van der Waals surface area contributed by atoms with Crippen molar-refractivity contribution >= 4 is 21.4 Å². The van der Waals surface area contributed by atoms with Gasteiger partial charge in [0.1, 0.15) is 5.82 Å². The Kier molecular flexibility index (Phi) is 3.75. The molecule has 1 aromatic carbocycles. The zero-order valence-electron chi connectivity index (χ0n) is 10.8. The van der Waals surface area contributed by atoms with Crippen molar-refractivity contribution in [3.8, 4) is 0 Å². The van der Waals surface area contributed by atoms with Crippen LogP contribution in [0, 0.1) is 0 Å². The van der Waals surface area contributed by atoms with Gasteiger partial charge in [-0.3, -0.25) is 4.72 Å². The summed E-state index contributed by atoms with van der Waals surface area (Å²) in [6, 6.07) is 7.05. The molecule has 102 valence electrons. The molecule has 1 heterocycles. The van der Waals surface area contributed by atoms with E-state index in [1.165, 1.54) is 0 Å². The van der Waals surface area contributed by atoms with Gasteiger partial charge in [-0.2, -0.15) is 0 Å². The number of aryl methyl sites for hydroxylation is 1. The summed E-state index contributed by atoms with van der Waals surface area (Å²) in [7, 11) is -1.29. The third-order valence-corrected chi connectivity index (χ3v) is 3.17. The standard InChI is InChI=1S/C12H16N4O2S/c1-16-8-7-13-12(16)9-14-10-3-5-11(6-4-10)15-19(2,17)18/h3-8,14-15H,9H2,1-2H3. The number of aromatic nitrogens is 2. The van der Waals surface area contributed by atoms with Crippen LogP contribution in [-0.4, -0.2) is 24.2 Å². The molecule has 0 unspecified atom stereocenters. The molecule has 0 spiro atoms. The van der Waals surface area contributed by atoms with Crippen molar-refractivity contribution in [2.75, 3.05) is 16.3 Å². The van der Waals surface area contributed by atoms with Crippen molar-refractivity contribution < 1.29 is 8.42 Å². The molecule has 1 aromatic heterocycles. The third-order valence-electron chi connectivity index (χ3n) is 2.56. The average Bonchev–Trinajstić information content (AvgIpc) is 2.72. The zero-order chi connectivity index (χ0) is 13.9. The molecule has 0 saturated heterocycles. The number of rotatable bonds is 5. The van der Waals surface area contributed by atoms with E-state index in [0.717, 1.165) is 17.8 Å². The van der Waals surface area contributed by atoms with Crippen molar-refractivity contribution in [1.29, 1.82) is 0 Å². The van der Waals surface area contributed by atoms with E-state index in [1.807, 2.05) is 29.9 Å². The molecule has 2 aromatic rings. The largest absolute Gasteiger partial charge is 0.378 e. The van der Waals surface area contributed by atoms with Crippen molar-refractivity contribution in [3.63, 3.8) is 0 Å². The zero-order valence-corrected chi connectivity index (χ0v) is 11.6.